The third-order valence-corrected chi connectivity index (χ3v) is 4.57. The van der Waals surface area contributed by atoms with Crippen molar-refractivity contribution < 1.29 is 19.1 Å². The number of primary amides is 1. The molecule has 1 saturated carbocycles. The van der Waals surface area contributed by atoms with Crippen LogP contribution in [-0.4, -0.2) is 18.5 Å². The Labute approximate surface area is 146 Å². The van der Waals surface area contributed by atoms with Crippen LogP contribution in [-0.2, 0) is 26.3 Å². The van der Waals surface area contributed by atoms with Crippen molar-refractivity contribution in [2.45, 2.75) is 31.3 Å². The molecule has 0 radical (unpaired) electrons. The molecule has 3 rings (SSSR count). The standard InChI is InChI=1S/C20H21NO4/c21-18(22)14-24-17-9-4-6-15(12-17)13-25-19(23)20(10-5-11-20)16-7-2-1-3-8-16/h1-4,6-9,12H,5,10-11,13-14H2,(H2,21,22). The maximum atomic E-state index is 12.7. The summed E-state index contributed by atoms with van der Waals surface area (Å²) in [6.07, 6.45) is 2.66. The molecule has 2 aromatic rings. The average Bonchev–Trinajstić information content (AvgIpc) is 2.58. The molecule has 2 N–H and O–H groups in total. The fourth-order valence-electron chi connectivity index (χ4n) is 3.06. The monoisotopic (exact) mass is 339 g/mol. The van der Waals surface area contributed by atoms with E-state index in [0.717, 1.165) is 30.4 Å². The molecule has 2 aromatic carbocycles. The molecule has 1 aliphatic carbocycles. The Kier molecular flexibility index (Phi) is 5.03. The first-order valence-electron chi connectivity index (χ1n) is 8.33. The van der Waals surface area contributed by atoms with Crippen molar-refractivity contribution in [3.05, 3.63) is 65.7 Å². The number of hydrogen-bond donors (Lipinski definition) is 1. The molecule has 5 heteroatoms. The van der Waals surface area contributed by atoms with Crippen LogP contribution in [0.4, 0.5) is 0 Å². The van der Waals surface area contributed by atoms with Gasteiger partial charge in [-0.3, -0.25) is 9.59 Å². The van der Waals surface area contributed by atoms with Crippen LogP contribution in [0, 0.1) is 0 Å². The summed E-state index contributed by atoms with van der Waals surface area (Å²) in [7, 11) is 0. The summed E-state index contributed by atoms with van der Waals surface area (Å²) in [6.45, 7) is -0.0124. The van der Waals surface area contributed by atoms with Crippen molar-refractivity contribution in [2.75, 3.05) is 6.61 Å². The summed E-state index contributed by atoms with van der Waals surface area (Å²) in [6, 6.07) is 16.9. The molecule has 1 aliphatic rings. The van der Waals surface area contributed by atoms with Gasteiger partial charge in [0.15, 0.2) is 6.61 Å². The lowest BCUT2D eigenvalue weighted by Gasteiger charge is -2.39. The van der Waals surface area contributed by atoms with Gasteiger partial charge in [-0.25, -0.2) is 0 Å². The van der Waals surface area contributed by atoms with Crippen LogP contribution >= 0.6 is 0 Å². The van der Waals surface area contributed by atoms with Crippen LogP contribution in [0.25, 0.3) is 0 Å². The summed E-state index contributed by atoms with van der Waals surface area (Å²) < 4.78 is 10.9. The molecule has 0 atom stereocenters. The number of ether oxygens (including phenoxy) is 2. The summed E-state index contributed by atoms with van der Waals surface area (Å²) in [5, 5.41) is 0. The van der Waals surface area contributed by atoms with Crippen LogP contribution in [0.15, 0.2) is 54.6 Å². The maximum Gasteiger partial charge on any atom is 0.316 e. The van der Waals surface area contributed by atoms with E-state index in [4.69, 9.17) is 15.2 Å². The molecule has 130 valence electrons. The molecule has 0 aliphatic heterocycles. The molecule has 0 spiro atoms. The van der Waals surface area contributed by atoms with Gasteiger partial charge >= 0.3 is 5.97 Å². The van der Waals surface area contributed by atoms with Gasteiger partial charge in [0.1, 0.15) is 12.4 Å². The second kappa shape index (κ2) is 7.38. The van der Waals surface area contributed by atoms with Gasteiger partial charge in [-0.2, -0.15) is 0 Å². The van der Waals surface area contributed by atoms with Crippen molar-refractivity contribution in [2.24, 2.45) is 5.73 Å². The lowest BCUT2D eigenvalue weighted by atomic mass is 9.64. The number of carbonyl (C=O) groups excluding carboxylic acids is 2. The Morgan fingerprint density at radius 1 is 1.04 bits per heavy atom. The number of amides is 1. The summed E-state index contributed by atoms with van der Waals surface area (Å²) >= 11 is 0. The Morgan fingerprint density at radius 2 is 1.80 bits per heavy atom. The smallest absolute Gasteiger partial charge is 0.316 e. The van der Waals surface area contributed by atoms with Crippen molar-refractivity contribution in [1.29, 1.82) is 0 Å². The Hall–Kier alpha value is -2.82. The first-order chi connectivity index (χ1) is 12.1. The predicted octanol–water partition coefficient (Wildman–Crippen LogP) is 2.72. The molecule has 0 saturated heterocycles. The van der Waals surface area contributed by atoms with Crippen LogP contribution in [0.5, 0.6) is 5.75 Å². The van der Waals surface area contributed by atoms with Crippen LogP contribution in [0.1, 0.15) is 30.4 Å². The van der Waals surface area contributed by atoms with Gasteiger partial charge in [-0.1, -0.05) is 48.9 Å². The van der Waals surface area contributed by atoms with Gasteiger partial charge in [0.05, 0.1) is 5.41 Å². The molecule has 1 fully saturated rings. The van der Waals surface area contributed by atoms with E-state index in [-0.39, 0.29) is 19.2 Å². The number of hydrogen-bond acceptors (Lipinski definition) is 4. The zero-order valence-corrected chi connectivity index (χ0v) is 13.9. The second-order valence-corrected chi connectivity index (χ2v) is 6.28. The third-order valence-electron chi connectivity index (χ3n) is 4.57. The highest BCUT2D eigenvalue weighted by Gasteiger charge is 2.46. The van der Waals surface area contributed by atoms with Gasteiger partial charge in [0.2, 0.25) is 0 Å². The Bertz CT molecular complexity index is 753. The van der Waals surface area contributed by atoms with Gasteiger partial charge in [-0.05, 0) is 36.1 Å². The number of carbonyl (C=O) groups is 2. The normalized spacial score (nSPS) is 15.0. The quantitative estimate of drug-likeness (QED) is 0.787. The van der Waals surface area contributed by atoms with E-state index < -0.39 is 11.3 Å². The van der Waals surface area contributed by atoms with E-state index in [1.807, 2.05) is 36.4 Å². The highest BCUT2D eigenvalue weighted by Crippen LogP contribution is 2.44. The Balaban J connectivity index is 1.64. The van der Waals surface area contributed by atoms with E-state index in [1.165, 1.54) is 0 Å². The van der Waals surface area contributed by atoms with E-state index in [1.54, 1.807) is 18.2 Å². The van der Waals surface area contributed by atoms with Gasteiger partial charge < -0.3 is 15.2 Å². The molecule has 0 bridgehead atoms. The minimum absolute atomic E-state index is 0.168. The lowest BCUT2D eigenvalue weighted by molar-refractivity contribution is -0.155. The van der Waals surface area contributed by atoms with Crippen molar-refractivity contribution in [3.8, 4) is 5.75 Å². The summed E-state index contributed by atoms with van der Waals surface area (Å²) in [4.78, 5) is 23.5. The summed E-state index contributed by atoms with van der Waals surface area (Å²) in [5.41, 5.74) is 6.38. The SMILES string of the molecule is NC(=O)COc1cccc(COC(=O)C2(c3ccccc3)CCC2)c1. The Morgan fingerprint density at radius 3 is 2.44 bits per heavy atom. The van der Waals surface area contributed by atoms with E-state index in [0.29, 0.717) is 5.75 Å². The number of nitrogens with two attached hydrogens (primary N) is 1. The number of esters is 1. The molecule has 0 heterocycles. The molecule has 1 amide bonds. The van der Waals surface area contributed by atoms with E-state index >= 15 is 0 Å². The zero-order valence-electron chi connectivity index (χ0n) is 13.9. The average molecular weight is 339 g/mol. The number of benzene rings is 2. The topological polar surface area (TPSA) is 78.6 Å². The summed E-state index contributed by atoms with van der Waals surface area (Å²) in [5.74, 6) is -0.200. The van der Waals surface area contributed by atoms with Gasteiger partial charge in [0.25, 0.3) is 5.91 Å². The lowest BCUT2D eigenvalue weighted by Crippen LogP contribution is -2.43. The predicted molar refractivity (Wildman–Crippen MR) is 92.9 cm³/mol. The molecular formula is C20H21NO4. The third kappa shape index (κ3) is 3.82. The second-order valence-electron chi connectivity index (χ2n) is 6.28. The molecular weight excluding hydrogens is 318 g/mol. The molecule has 5 nitrogen and oxygen atoms in total. The largest absolute Gasteiger partial charge is 0.484 e. The maximum absolute atomic E-state index is 12.7. The molecule has 25 heavy (non-hydrogen) atoms. The number of rotatable bonds is 7. The van der Waals surface area contributed by atoms with E-state index in [9.17, 15) is 9.59 Å². The van der Waals surface area contributed by atoms with Gasteiger partial charge in [0, 0.05) is 0 Å². The van der Waals surface area contributed by atoms with Crippen molar-refractivity contribution >= 4 is 11.9 Å². The van der Waals surface area contributed by atoms with Crippen LogP contribution in [0.3, 0.4) is 0 Å². The minimum atomic E-state index is -0.536. The fraction of sp³-hybridized carbons (Fsp3) is 0.300. The van der Waals surface area contributed by atoms with E-state index in [2.05, 4.69) is 0 Å². The highest BCUT2D eigenvalue weighted by atomic mass is 16.5. The first kappa shape index (κ1) is 17.0. The minimum Gasteiger partial charge on any atom is -0.484 e. The first-order valence-corrected chi connectivity index (χ1v) is 8.33. The van der Waals surface area contributed by atoms with Crippen LogP contribution < -0.4 is 10.5 Å². The molecule has 0 aromatic heterocycles. The van der Waals surface area contributed by atoms with Crippen molar-refractivity contribution in [3.63, 3.8) is 0 Å². The highest BCUT2D eigenvalue weighted by molar-refractivity contribution is 5.84. The zero-order chi connectivity index (χ0) is 17.7. The van der Waals surface area contributed by atoms with Gasteiger partial charge in [-0.15, -0.1) is 0 Å². The fourth-order valence-corrected chi connectivity index (χ4v) is 3.06. The van der Waals surface area contributed by atoms with Crippen molar-refractivity contribution in [1.82, 2.24) is 0 Å². The molecule has 0 unspecified atom stereocenters. The van der Waals surface area contributed by atoms with Crippen LogP contribution in [0.2, 0.25) is 0 Å².